The Kier molecular flexibility index (Phi) is 5.47. The second-order valence-corrected chi connectivity index (χ2v) is 5.93. The second-order valence-electron chi connectivity index (χ2n) is 5.93. The summed E-state index contributed by atoms with van der Waals surface area (Å²) in [5.74, 6) is 1.43. The number of carbonyl (C=O) groups is 1. The molecule has 0 saturated carbocycles. The Hall–Kier alpha value is -3.07. The zero-order valence-electron chi connectivity index (χ0n) is 14.2. The molecule has 0 atom stereocenters. The van der Waals surface area contributed by atoms with Crippen molar-refractivity contribution in [1.29, 1.82) is 0 Å². The molecule has 25 heavy (non-hydrogen) atoms. The lowest BCUT2D eigenvalue weighted by Gasteiger charge is -2.08. The average Bonchev–Trinajstić information content (AvgIpc) is 2.63. The summed E-state index contributed by atoms with van der Waals surface area (Å²) in [5.41, 5.74) is 2.99. The largest absolute Gasteiger partial charge is 0.457 e. The fourth-order valence-electron chi connectivity index (χ4n) is 2.56. The summed E-state index contributed by atoms with van der Waals surface area (Å²) < 4.78 is 5.80. The van der Waals surface area contributed by atoms with E-state index in [0.29, 0.717) is 17.9 Å². The highest BCUT2D eigenvalue weighted by Crippen LogP contribution is 2.22. The first-order valence-electron chi connectivity index (χ1n) is 8.37. The fraction of sp³-hybridized carbons (Fsp3) is 0.136. The van der Waals surface area contributed by atoms with Crippen LogP contribution in [0.2, 0.25) is 0 Å². The van der Waals surface area contributed by atoms with Crippen LogP contribution in [0.3, 0.4) is 0 Å². The van der Waals surface area contributed by atoms with Crippen LogP contribution in [-0.4, -0.2) is 12.5 Å². The van der Waals surface area contributed by atoms with Gasteiger partial charge in [-0.2, -0.15) is 0 Å². The van der Waals surface area contributed by atoms with Crippen LogP contribution in [-0.2, 0) is 6.42 Å². The monoisotopic (exact) mass is 331 g/mol. The molecule has 3 rings (SSSR count). The Morgan fingerprint density at radius 1 is 0.880 bits per heavy atom. The standard InChI is InChI=1S/C22H21NO2/c1-17-6-5-9-21(16-17)25-20-12-10-19(11-13-20)22(24)23-15-14-18-7-3-2-4-8-18/h2-13,16H,14-15H2,1H3,(H,23,24). The van der Waals surface area contributed by atoms with Gasteiger partial charge in [-0.3, -0.25) is 4.79 Å². The van der Waals surface area contributed by atoms with Gasteiger partial charge in [-0.25, -0.2) is 0 Å². The number of nitrogens with one attached hydrogen (secondary N) is 1. The molecule has 0 heterocycles. The van der Waals surface area contributed by atoms with Gasteiger partial charge in [0.25, 0.3) is 5.91 Å². The lowest BCUT2D eigenvalue weighted by molar-refractivity contribution is 0.0954. The molecule has 1 amide bonds. The average molecular weight is 331 g/mol. The quantitative estimate of drug-likeness (QED) is 0.707. The van der Waals surface area contributed by atoms with Crippen molar-refractivity contribution in [3.8, 4) is 11.5 Å². The second kappa shape index (κ2) is 8.15. The van der Waals surface area contributed by atoms with E-state index in [0.717, 1.165) is 17.7 Å². The normalized spacial score (nSPS) is 10.3. The smallest absolute Gasteiger partial charge is 0.251 e. The van der Waals surface area contributed by atoms with Crippen LogP contribution in [0.1, 0.15) is 21.5 Å². The summed E-state index contributed by atoms with van der Waals surface area (Å²) in [7, 11) is 0. The van der Waals surface area contributed by atoms with E-state index in [-0.39, 0.29) is 5.91 Å². The first-order chi connectivity index (χ1) is 12.2. The molecule has 0 saturated heterocycles. The third-order valence-electron chi connectivity index (χ3n) is 3.88. The maximum Gasteiger partial charge on any atom is 0.251 e. The zero-order valence-corrected chi connectivity index (χ0v) is 14.2. The topological polar surface area (TPSA) is 38.3 Å². The number of amides is 1. The summed E-state index contributed by atoms with van der Waals surface area (Å²) in [6.45, 7) is 2.64. The summed E-state index contributed by atoms with van der Waals surface area (Å²) in [6.07, 6.45) is 0.821. The van der Waals surface area contributed by atoms with Gasteiger partial charge >= 0.3 is 0 Å². The maximum atomic E-state index is 12.2. The highest BCUT2D eigenvalue weighted by atomic mass is 16.5. The molecule has 0 bridgehead atoms. The number of benzene rings is 3. The molecule has 0 aliphatic heterocycles. The van der Waals surface area contributed by atoms with E-state index < -0.39 is 0 Å². The molecule has 0 aromatic heterocycles. The predicted octanol–water partition coefficient (Wildman–Crippen LogP) is 4.76. The molecule has 0 unspecified atom stereocenters. The first kappa shape index (κ1) is 16.8. The van der Waals surface area contributed by atoms with Crippen LogP contribution in [0.25, 0.3) is 0 Å². The van der Waals surface area contributed by atoms with Gasteiger partial charge < -0.3 is 10.1 Å². The van der Waals surface area contributed by atoms with Crippen LogP contribution < -0.4 is 10.1 Å². The van der Waals surface area contributed by atoms with Crippen LogP contribution in [0.5, 0.6) is 11.5 Å². The number of rotatable bonds is 6. The van der Waals surface area contributed by atoms with E-state index in [9.17, 15) is 4.79 Å². The van der Waals surface area contributed by atoms with Crippen molar-refractivity contribution in [2.24, 2.45) is 0 Å². The molecule has 3 heteroatoms. The van der Waals surface area contributed by atoms with Crippen molar-refractivity contribution in [3.05, 3.63) is 95.6 Å². The minimum atomic E-state index is -0.0713. The molecule has 0 radical (unpaired) electrons. The molecule has 0 aliphatic carbocycles. The number of ether oxygens (including phenoxy) is 1. The SMILES string of the molecule is Cc1cccc(Oc2ccc(C(=O)NCCc3ccccc3)cc2)c1. The van der Waals surface area contributed by atoms with E-state index in [2.05, 4.69) is 17.4 Å². The van der Waals surface area contributed by atoms with E-state index in [1.54, 1.807) is 12.1 Å². The van der Waals surface area contributed by atoms with E-state index in [1.165, 1.54) is 5.56 Å². The molecular weight excluding hydrogens is 310 g/mol. The Morgan fingerprint density at radius 3 is 2.36 bits per heavy atom. The van der Waals surface area contributed by atoms with Gasteiger partial charge in [0, 0.05) is 12.1 Å². The van der Waals surface area contributed by atoms with Crippen LogP contribution in [0, 0.1) is 6.92 Å². The fourth-order valence-corrected chi connectivity index (χ4v) is 2.56. The summed E-state index contributed by atoms with van der Waals surface area (Å²) >= 11 is 0. The van der Waals surface area contributed by atoms with Crippen molar-refractivity contribution >= 4 is 5.91 Å². The van der Waals surface area contributed by atoms with Crippen LogP contribution in [0.15, 0.2) is 78.9 Å². The molecule has 126 valence electrons. The molecule has 0 aliphatic rings. The van der Waals surface area contributed by atoms with Gasteiger partial charge in [-0.15, -0.1) is 0 Å². The number of hydrogen-bond donors (Lipinski definition) is 1. The highest BCUT2D eigenvalue weighted by Gasteiger charge is 2.06. The molecule has 1 N–H and O–H groups in total. The minimum absolute atomic E-state index is 0.0713. The van der Waals surface area contributed by atoms with Gasteiger partial charge in [0.15, 0.2) is 0 Å². The summed E-state index contributed by atoms with van der Waals surface area (Å²) in [6, 6.07) is 25.2. The zero-order chi connectivity index (χ0) is 17.5. The number of hydrogen-bond acceptors (Lipinski definition) is 2. The molecule has 3 aromatic rings. The van der Waals surface area contributed by atoms with Gasteiger partial charge in [-0.1, -0.05) is 42.5 Å². The van der Waals surface area contributed by atoms with E-state index in [4.69, 9.17) is 4.74 Å². The molecule has 0 spiro atoms. The van der Waals surface area contributed by atoms with Crippen molar-refractivity contribution in [2.75, 3.05) is 6.54 Å². The Bertz CT molecular complexity index is 826. The number of aryl methyl sites for hydroxylation is 1. The predicted molar refractivity (Wildman–Crippen MR) is 100 cm³/mol. The maximum absolute atomic E-state index is 12.2. The lowest BCUT2D eigenvalue weighted by Crippen LogP contribution is -2.25. The minimum Gasteiger partial charge on any atom is -0.457 e. The highest BCUT2D eigenvalue weighted by molar-refractivity contribution is 5.94. The first-order valence-corrected chi connectivity index (χ1v) is 8.37. The number of carbonyl (C=O) groups excluding carboxylic acids is 1. The third kappa shape index (κ3) is 4.95. The Morgan fingerprint density at radius 2 is 1.64 bits per heavy atom. The van der Waals surface area contributed by atoms with Gasteiger partial charge in [0.2, 0.25) is 0 Å². The lowest BCUT2D eigenvalue weighted by atomic mass is 10.1. The Labute approximate surface area is 148 Å². The molecule has 3 aromatic carbocycles. The molecule has 0 fully saturated rings. The van der Waals surface area contributed by atoms with E-state index >= 15 is 0 Å². The van der Waals surface area contributed by atoms with Crippen molar-refractivity contribution in [2.45, 2.75) is 13.3 Å². The van der Waals surface area contributed by atoms with Crippen LogP contribution in [0.4, 0.5) is 0 Å². The van der Waals surface area contributed by atoms with E-state index in [1.807, 2.05) is 61.5 Å². The molecule has 3 nitrogen and oxygen atoms in total. The third-order valence-corrected chi connectivity index (χ3v) is 3.88. The van der Waals surface area contributed by atoms with Crippen molar-refractivity contribution < 1.29 is 9.53 Å². The summed E-state index contributed by atoms with van der Waals surface area (Å²) in [4.78, 5) is 12.2. The Balaban J connectivity index is 1.53. The van der Waals surface area contributed by atoms with Gasteiger partial charge in [-0.05, 0) is 60.9 Å². The van der Waals surface area contributed by atoms with Crippen molar-refractivity contribution in [1.82, 2.24) is 5.32 Å². The van der Waals surface area contributed by atoms with Gasteiger partial charge in [0.05, 0.1) is 0 Å². The summed E-state index contributed by atoms with van der Waals surface area (Å²) in [5, 5.41) is 2.94. The molecular formula is C22H21NO2. The van der Waals surface area contributed by atoms with Gasteiger partial charge in [0.1, 0.15) is 11.5 Å². The van der Waals surface area contributed by atoms with Crippen LogP contribution >= 0.6 is 0 Å². The van der Waals surface area contributed by atoms with Crippen molar-refractivity contribution in [3.63, 3.8) is 0 Å².